The third kappa shape index (κ3) is 3.08. The van der Waals surface area contributed by atoms with Crippen LogP contribution in [0.2, 0.25) is 0 Å². The molecule has 0 bridgehead atoms. The molecule has 11 heavy (non-hydrogen) atoms. The minimum atomic E-state index is 0.692. The van der Waals surface area contributed by atoms with E-state index >= 15 is 0 Å². The number of carbonyl (C=O) groups is 1. The molecule has 0 aromatic heterocycles. The molecular weight excluding hydrogens is 158 g/mol. The highest BCUT2D eigenvalue weighted by molar-refractivity contribution is 7.99. The molecule has 0 N–H and O–H groups in total. The molecule has 1 rings (SSSR count). The molecule has 0 atom stereocenters. The third-order valence-corrected chi connectivity index (χ3v) is 2.64. The second-order valence-corrected chi connectivity index (χ2v) is 3.89. The van der Waals surface area contributed by atoms with Gasteiger partial charge in [-0.15, -0.1) is 0 Å². The van der Waals surface area contributed by atoms with Gasteiger partial charge in [-0.2, -0.15) is 11.8 Å². The zero-order chi connectivity index (χ0) is 8.10. The van der Waals surface area contributed by atoms with Crippen molar-refractivity contribution in [1.29, 1.82) is 0 Å². The SMILES string of the molecule is C=C(C=O)CN1CCSCC1. The number of carbonyl (C=O) groups excluding carboxylic acids is 1. The molecule has 1 saturated heterocycles. The first-order chi connectivity index (χ1) is 5.33. The lowest BCUT2D eigenvalue weighted by atomic mass is 10.3. The molecule has 0 amide bonds. The Kier molecular flexibility index (Phi) is 3.66. The second kappa shape index (κ2) is 4.57. The summed E-state index contributed by atoms with van der Waals surface area (Å²) in [5.41, 5.74) is 0.692. The first kappa shape index (κ1) is 8.81. The number of aldehydes is 1. The summed E-state index contributed by atoms with van der Waals surface area (Å²) in [4.78, 5) is 12.5. The molecule has 0 saturated carbocycles. The Morgan fingerprint density at radius 2 is 2.18 bits per heavy atom. The van der Waals surface area contributed by atoms with E-state index in [0.29, 0.717) is 5.57 Å². The average molecular weight is 171 g/mol. The molecule has 0 aromatic carbocycles. The van der Waals surface area contributed by atoms with Crippen LogP contribution in [0.5, 0.6) is 0 Å². The Balaban J connectivity index is 2.24. The van der Waals surface area contributed by atoms with Crippen LogP contribution < -0.4 is 0 Å². The third-order valence-electron chi connectivity index (χ3n) is 1.70. The van der Waals surface area contributed by atoms with Crippen molar-refractivity contribution < 1.29 is 4.79 Å². The number of rotatable bonds is 3. The molecule has 0 unspecified atom stereocenters. The summed E-state index contributed by atoms with van der Waals surface area (Å²) in [5.74, 6) is 2.37. The van der Waals surface area contributed by atoms with Crippen LogP contribution in [0, 0.1) is 0 Å². The van der Waals surface area contributed by atoms with Gasteiger partial charge in [0.15, 0.2) is 0 Å². The van der Waals surface area contributed by atoms with Gasteiger partial charge in [-0.1, -0.05) is 6.58 Å². The van der Waals surface area contributed by atoms with Crippen molar-refractivity contribution >= 4 is 18.0 Å². The van der Waals surface area contributed by atoms with E-state index in [2.05, 4.69) is 11.5 Å². The van der Waals surface area contributed by atoms with Gasteiger partial charge in [-0.3, -0.25) is 9.69 Å². The zero-order valence-corrected chi connectivity index (χ0v) is 7.40. The summed E-state index contributed by atoms with van der Waals surface area (Å²) in [6, 6.07) is 0. The molecule has 0 radical (unpaired) electrons. The van der Waals surface area contributed by atoms with E-state index < -0.39 is 0 Å². The van der Waals surface area contributed by atoms with Crippen molar-refractivity contribution in [2.24, 2.45) is 0 Å². The van der Waals surface area contributed by atoms with Crippen molar-refractivity contribution in [1.82, 2.24) is 4.90 Å². The number of hydrogen-bond donors (Lipinski definition) is 0. The summed E-state index contributed by atoms with van der Waals surface area (Å²) < 4.78 is 0. The Labute approximate surface area is 71.6 Å². The second-order valence-electron chi connectivity index (χ2n) is 2.66. The minimum absolute atomic E-state index is 0.692. The highest BCUT2D eigenvalue weighted by Crippen LogP contribution is 2.09. The lowest BCUT2D eigenvalue weighted by molar-refractivity contribution is -0.105. The van der Waals surface area contributed by atoms with Crippen LogP contribution in [0.25, 0.3) is 0 Å². The van der Waals surface area contributed by atoms with Gasteiger partial charge in [-0.25, -0.2) is 0 Å². The molecule has 0 spiro atoms. The fourth-order valence-electron chi connectivity index (χ4n) is 1.08. The van der Waals surface area contributed by atoms with Gasteiger partial charge in [0.2, 0.25) is 0 Å². The standard InChI is InChI=1S/C8H13NOS/c1-8(7-10)6-9-2-4-11-5-3-9/h7H,1-6H2. The lowest BCUT2D eigenvalue weighted by Crippen LogP contribution is -2.34. The van der Waals surface area contributed by atoms with Gasteiger partial charge in [-0.05, 0) is 5.57 Å². The fraction of sp³-hybridized carbons (Fsp3) is 0.625. The van der Waals surface area contributed by atoms with Crippen LogP contribution in [0.1, 0.15) is 0 Å². The van der Waals surface area contributed by atoms with Crippen molar-refractivity contribution in [3.05, 3.63) is 12.2 Å². The monoisotopic (exact) mass is 171 g/mol. The minimum Gasteiger partial charge on any atom is -0.298 e. The quantitative estimate of drug-likeness (QED) is 0.462. The maximum Gasteiger partial charge on any atom is 0.146 e. The van der Waals surface area contributed by atoms with E-state index in [4.69, 9.17) is 0 Å². The van der Waals surface area contributed by atoms with E-state index in [1.807, 2.05) is 11.8 Å². The smallest absolute Gasteiger partial charge is 0.146 e. The van der Waals surface area contributed by atoms with Gasteiger partial charge in [0.1, 0.15) is 6.29 Å². The molecule has 3 heteroatoms. The predicted octanol–water partition coefficient (Wildman–Crippen LogP) is 0.790. The van der Waals surface area contributed by atoms with Crippen molar-refractivity contribution in [2.45, 2.75) is 0 Å². The molecule has 1 fully saturated rings. The molecule has 0 aliphatic carbocycles. The maximum atomic E-state index is 10.2. The van der Waals surface area contributed by atoms with Crippen molar-refractivity contribution in [2.75, 3.05) is 31.1 Å². The molecule has 1 aliphatic rings. The Morgan fingerprint density at radius 1 is 1.55 bits per heavy atom. The Morgan fingerprint density at radius 3 is 2.73 bits per heavy atom. The van der Waals surface area contributed by atoms with E-state index in [1.165, 1.54) is 11.5 Å². The molecular formula is C8H13NOS. The zero-order valence-electron chi connectivity index (χ0n) is 6.58. The van der Waals surface area contributed by atoms with Crippen LogP contribution in [0.3, 0.4) is 0 Å². The van der Waals surface area contributed by atoms with Crippen LogP contribution in [-0.2, 0) is 4.79 Å². The van der Waals surface area contributed by atoms with Gasteiger partial charge in [0, 0.05) is 31.1 Å². The van der Waals surface area contributed by atoms with Gasteiger partial charge < -0.3 is 0 Å². The topological polar surface area (TPSA) is 20.3 Å². The predicted molar refractivity (Wildman–Crippen MR) is 49.0 cm³/mol. The van der Waals surface area contributed by atoms with Crippen LogP contribution in [0.4, 0.5) is 0 Å². The van der Waals surface area contributed by atoms with E-state index in [9.17, 15) is 4.79 Å². The van der Waals surface area contributed by atoms with E-state index in [0.717, 1.165) is 25.9 Å². The largest absolute Gasteiger partial charge is 0.298 e. The molecule has 62 valence electrons. The maximum absolute atomic E-state index is 10.2. The highest BCUT2D eigenvalue weighted by atomic mass is 32.2. The van der Waals surface area contributed by atoms with E-state index in [-0.39, 0.29) is 0 Å². The van der Waals surface area contributed by atoms with Gasteiger partial charge >= 0.3 is 0 Å². The first-order valence-electron chi connectivity index (χ1n) is 3.76. The summed E-state index contributed by atoms with van der Waals surface area (Å²) in [7, 11) is 0. The average Bonchev–Trinajstić information content (AvgIpc) is 2.06. The first-order valence-corrected chi connectivity index (χ1v) is 4.91. The summed E-state index contributed by atoms with van der Waals surface area (Å²) in [5, 5.41) is 0. The normalized spacial score (nSPS) is 19.6. The van der Waals surface area contributed by atoms with Crippen molar-refractivity contribution in [3.8, 4) is 0 Å². The van der Waals surface area contributed by atoms with Gasteiger partial charge in [0.25, 0.3) is 0 Å². The van der Waals surface area contributed by atoms with Crippen molar-refractivity contribution in [3.63, 3.8) is 0 Å². The number of nitrogens with zero attached hydrogens (tertiary/aromatic N) is 1. The molecule has 1 heterocycles. The number of thioether (sulfide) groups is 1. The van der Waals surface area contributed by atoms with Crippen LogP contribution >= 0.6 is 11.8 Å². The lowest BCUT2D eigenvalue weighted by Gasteiger charge is -2.25. The summed E-state index contributed by atoms with van der Waals surface area (Å²) in [6.45, 7) is 6.59. The van der Waals surface area contributed by atoms with Crippen LogP contribution in [0.15, 0.2) is 12.2 Å². The fourth-order valence-corrected chi connectivity index (χ4v) is 2.06. The molecule has 0 aromatic rings. The number of hydrogen-bond acceptors (Lipinski definition) is 3. The Hall–Kier alpha value is -0.280. The summed E-state index contributed by atoms with van der Waals surface area (Å²) >= 11 is 1.97. The molecule has 1 aliphatic heterocycles. The molecule has 2 nitrogen and oxygen atoms in total. The summed E-state index contributed by atoms with van der Waals surface area (Å²) in [6.07, 6.45) is 0.849. The highest BCUT2D eigenvalue weighted by Gasteiger charge is 2.10. The van der Waals surface area contributed by atoms with Gasteiger partial charge in [0.05, 0.1) is 0 Å². The van der Waals surface area contributed by atoms with Crippen LogP contribution in [-0.4, -0.2) is 42.3 Å². The van der Waals surface area contributed by atoms with E-state index in [1.54, 1.807) is 0 Å². The Bertz CT molecular complexity index is 152.